The Morgan fingerprint density at radius 2 is 2.40 bits per heavy atom. The summed E-state index contributed by atoms with van der Waals surface area (Å²) in [5, 5.41) is 10.4. The molecule has 0 aromatic rings. The van der Waals surface area contributed by atoms with Crippen LogP contribution in [0.15, 0.2) is 4.99 Å². The first-order valence-electron chi connectivity index (χ1n) is 2.84. The van der Waals surface area contributed by atoms with E-state index in [0.717, 1.165) is 0 Å². The van der Waals surface area contributed by atoms with Crippen LogP contribution in [0.1, 0.15) is 13.8 Å². The summed E-state index contributed by atoms with van der Waals surface area (Å²) in [7, 11) is 0. The summed E-state index contributed by atoms with van der Waals surface area (Å²) >= 11 is 0. The third-order valence-corrected chi connectivity index (χ3v) is 0.670. The fourth-order valence-electron chi connectivity index (χ4n) is 0.392. The van der Waals surface area contributed by atoms with Crippen molar-refractivity contribution in [1.82, 2.24) is 5.32 Å². The van der Waals surface area contributed by atoms with E-state index in [4.69, 9.17) is 11.8 Å². The van der Waals surface area contributed by atoms with Gasteiger partial charge >= 0.3 is 5.96 Å². The van der Waals surface area contributed by atoms with Gasteiger partial charge in [0, 0.05) is 0 Å². The van der Waals surface area contributed by atoms with Crippen molar-refractivity contribution in [2.24, 2.45) is 4.99 Å². The van der Waals surface area contributed by atoms with Crippen molar-refractivity contribution in [1.29, 1.82) is 5.26 Å². The van der Waals surface area contributed by atoms with Gasteiger partial charge in [0.25, 0.3) is 6.19 Å². The van der Waals surface area contributed by atoms with Crippen molar-refractivity contribution in [2.75, 3.05) is 0 Å². The number of rotatable bonds is 1. The van der Waals surface area contributed by atoms with E-state index in [2.05, 4.69) is 15.2 Å². The van der Waals surface area contributed by atoms with Gasteiger partial charge < -0.3 is 0 Å². The maximum absolute atomic E-state index is 8.12. The van der Waals surface area contributed by atoms with Gasteiger partial charge in [-0.25, -0.2) is 0 Å². The minimum atomic E-state index is 0.0862. The number of nitrogens with one attached hydrogen (secondary N) is 1. The predicted molar refractivity (Wildman–Crippen MR) is 39.6 cm³/mol. The zero-order valence-corrected chi connectivity index (χ0v) is 6.00. The molecule has 0 radical (unpaired) electrons. The van der Waals surface area contributed by atoms with Crippen LogP contribution in [0.4, 0.5) is 0 Å². The lowest BCUT2D eigenvalue weighted by Gasteiger charge is -1.85. The molecular formula is C6H9N4+. The Labute approximate surface area is 60.0 Å². The van der Waals surface area contributed by atoms with Crippen LogP contribution in [-0.2, 0) is 0 Å². The van der Waals surface area contributed by atoms with Crippen molar-refractivity contribution in [3.63, 3.8) is 0 Å². The third-order valence-electron chi connectivity index (χ3n) is 0.670. The highest BCUT2D eigenvalue weighted by molar-refractivity contribution is 5.90. The van der Waals surface area contributed by atoms with Crippen LogP contribution in [0.25, 0.3) is 4.85 Å². The lowest BCUT2D eigenvalue weighted by molar-refractivity contribution is 0.831. The first-order chi connectivity index (χ1) is 4.70. The van der Waals surface area contributed by atoms with Gasteiger partial charge in [-0.3, -0.25) is 0 Å². The average molecular weight is 137 g/mol. The van der Waals surface area contributed by atoms with Crippen LogP contribution in [0, 0.1) is 18.0 Å². The Balaban J connectivity index is 4.11. The van der Waals surface area contributed by atoms with Gasteiger partial charge in [0.05, 0.1) is 0 Å². The van der Waals surface area contributed by atoms with Crippen LogP contribution in [0.2, 0.25) is 0 Å². The minimum Gasteiger partial charge on any atom is -0.190 e. The number of nitrogens with zero attached hydrogens (tertiary/aromatic N) is 3. The van der Waals surface area contributed by atoms with E-state index >= 15 is 0 Å². The lowest BCUT2D eigenvalue weighted by atomic mass is 10.4. The Bertz CT molecular complexity index is 203. The number of hydrogen-bond donors (Lipinski definition) is 1. The number of nitriles is 1. The van der Waals surface area contributed by atoms with Crippen molar-refractivity contribution >= 4 is 5.96 Å². The van der Waals surface area contributed by atoms with Crippen molar-refractivity contribution in [3.05, 3.63) is 4.85 Å². The molecule has 52 valence electrons. The first-order valence-corrected chi connectivity index (χ1v) is 2.84. The molecule has 0 unspecified atom stereocenters. The van der Waals surface area contributed by atoms with Crippen LogP contribution >= 0.6 is 0 Å². The molecule has 0 aliphatic heterocycles. The molecular weight excluding hydrogens is 128 g/mol. The van der Waals surface area contributed by atoms with Crippen LogP contribution in [-0.4, -0.2) is 12.0 Å². The van der Waals surface area contributed by atoms with E-state index in [1.807, 2.05) is 13.8 Å². The molecule has 0 saturated carbocycles. The summed E-state index contributed by atoms with van der Waals surface area (Å²) in [5.74, 6) is 0.164. The molecule has 0 bridgehead atoms. The molecule has 1 N–H and O–H groups in total. The van der Waals surface area contributed by atoms with E-state index in [0.29, 0.717) is 0 Å². The van der Waals surface area contributed by atoms with Gasteiger partial charge in [0.1, 0.15) is 12.6 Å². The average Bonchev–Trinajstić information content (AvgIpc) is 1.86. The first kappa shape index (κ1) is 8.45. The minimum absolute atomic E-state index is 0.0862. The largest absolute Gasteiger partial charge is 0.498 e. The SMILES string of the molecule is C#[N+]C(=NC(C)C)NC#N. The second-order valence-corrected chi connectivity index (χ2v) is 1.91. The second-order valence-electron chi connectivity index (χ2n) is 1.91. The summed E-state index contributed by atoms with van der Waals surface area (Å²) < 4.78 is 0. The summed E-state index contributed by atoms with van der Waals surface area (Å²) in [6.07, 6.45) is 1.67. The zero-order valence-electron chi connectivity index (χ0n) is 6.00. The molecule has 10 heavy (non-hydrogen) atoms. The molecule has 0 atom stereocenters. The smallest absolute Gasteiger partial charge is 0.190 e. The van der Waals surface area contributed by atoms with Crippen molar-refractivity contribution in [3.8, 4) is 12.8 Å². The third kappa shape index (κ3) is 3.45. The Morgan fingerprint density at radius 3 is 2.70 bits per heavy atom. The van der Waals surface area contributed by atoms with Gasteiger partial charge in [-0.1, -0.05) is 4.99 Å². The molecule has 0 aromatic heterocycles. The van der Waals surface area contributed by atoms with E-state index in [1.54, 1.807) is 6.19 Å². The normalized spacial score (nSPS) is 10.3. The van der Waals surface area contributed by atoms with E-state index < -0.39 is 0 Å². The van der Waals surface area contributed by atoms with Gasteiger partial charge in [-0.05, 0) is 13.8 Å². The molecule has 0 aliphatic carbocycles. The van der Waals surface area contributed by atoms with Crippen molar-refractivity contribution < 1.29 is 0 Å². The van der Waals surface area contributed by atoms with Crippen LogP contribution in [0.3, 0.4) is 0 Å². The summed E-state index contributed by atoms with van der Waals surface area (Å²) in [4.78, 5) is 7.11. The van der Waals surface area contributed by atoms with Gasteiger partial charge in [0.15, 0.2) is 0 Å². The van der Waals surface area contributed by atoms with Crippen molar-refractivity contribution in [2.45, 2.75) is 19.9 Å². The maximum atomic E-state index is 8.12. The monoisotopic (exact) mass is 137 g/mol. The zero-order chi connectivity index (χ0) is 7.98. The maximum Gasteiger partial charge on any atom is 0.498 e. The van der Waals surface area contributed by atoms with E-state index in [9.17, 15) is 0 Å². The fraction of sp³-hybridized carbons (Fsp3) is 0.500. The van der Waals surface area contributed by atoms with Gasteiger partial charge in [-0.2, -0.15) is 15.4 Å². The van der Waals surface area contributed by atoms with Gasteiger partial charge in [0.2, 0.25) is 0 Å². The highest BCUT2D eigenvalue weighted by Gasteiger charge is 2.06. The molecule has 4 heteroatoms. The van der Waals surface area contributed by atoms with Crippen LogP contribution < -0.4 is 5.32 Å². The number of guanidine groups is 1. The predicted octanol–water partition coefficient (Wildman–Crippen LogP) is 0.784. The Morgan fingerprint density at radius 1 is 1.80 bits per heavy atom. The quantitative estimate of drug-likeness (QED) is 0.251. The molecule has 0 aliphatic rings. The molecule has 0 rings (SSSR count). The van der Waals surface area contributed by atoms with E-state index in [-0.39, 0.29) is 12.0 Å². The molecule has 0 saturated heterocycles. The van der Waals surface area contributed by atoms with E-state index in [1.165, 1.54) is 0 Å². The number of aliphatic imine (C=N–C) groups is 1. The van der Waals surface area contributed by atoms with Crippen LogP contribution in [0.5, 0.6) is 0 Å². The summed E-state index contributed by atoms with van der Waals surface area (Å²) in [6, 6.07) is 0.0862. The molecule has 0 heterocycles. The molecule has 0 amide bonds. The Kier molecular flexibility index (Phi) is 3.67. The topological polar surface area (TPSA) is 52.5 Å². The van der Waals surface area contributed by atoms with Gasteiger partial charge in [-0.15, -0.1) is 0 Å². The molecule has 0 spiro atoms. The summed E-state index contributed by atoms with van der Waals surface area (Å²) in [5.41, 5.74) is 0. The molecule has 0 aromatic carbocycles. The fourth-order valence-corrected chi connectivity index (χ4v) is 0.392. The lowest BCUT2D eigenvalue weighted by Crippen LogP contribution is -2.14. The Hall–Kier alpha value is -1.55. The summed E-state index contributed by atoms with van der Waals surface area (Å²) in [6.45, 7) is 8.62. The number of hydrogen-bond acceptors (Lipinski definition) is 2. The molecule has 0 fully saturated rings. The standard InChI is InChI=1S/C6H9N4/c1-5(2)10-6(8-3)9-4-7/h3,5H,1-2H3,(H,9,10)/q+1. The molecule has 4 nitrogen and oxygen atoms in total. The highest BCUT2D eigenvalue weighted by atomic mass is 15.1. The second kappa shape index (κ2) is 4.34. The highest BCUT2D eigenvalue weighted by Crippen LogP contribution is 1.86.